The Morgan fingerprint density at radius 1 is 1.32 bits per heavy atom. The highest BCUT2D eigenvalue weighted by atomic mass is 16.5. The molecule has 0 aromatic carbocycles. The van der Waals surface area contributed by atoms with Gasteiger partial charge >= 0.3 is 5.97 Å². The van der Waals surface area contributed by atoms with Gasteiger partial charge in [0.2, 0.25) is 0 Å². The minimum absolute atomic E-state index is 0.0150. The lowest BCUT2D eigenvalue weighted by atomic mass is 9.67. The molecule has 110 valence electrons. The van der Waals surface area contributed by atoms with Crippen LogP contribution >= 0.6 is 0 Å². The molecular weight excluding hydrogens is 236 g/mol. The Kier molecular flexibility index (Phi) is 3.31. The molecular formula is C17H30O2. The van der Waals surface area contributed by atoms with Gasteiger partial charge in [0.1, 0.15) is 6.10 Å². The zero-order valence-corrected chi connectivity index (χ0v) is 13.7. The highest BCUT2D eigenvalue weighted by Crippen LogP contribution is 2.68. The normalized spacial score (nSPS) is 40.5. The Morgan fingerprint density at radius 3 is 2.32 bits per heavy atom. The monoisotopic (exact) mass is 266 g/mol. The molecule has 0 heterocycles. The number of esters is 1. The van der Waals surface area contributed by atoms with Crippen molar-refractivity contribution in [1.29, 1.82) is 0 Å². The second kappa shape index (κ2) is 4.23. The van der Waals surface area contributed by atoms with E-state index in [1.54, 1.807) is 0 Å². The molecule has 19 heavy (non-hydrogen) atoms. The third-order valence-corrected chi connectivity index (χ3v) is 6.95. The number of carbonyl (C=O) groups is 1. The summed E-state index contributed by atoms with van der Waals surface area (Å²) < 4.78 is 5.98. The van der Waals surface area contributed by atoms with Crippen LogP contribution in [-0.2, 0) is 9.53 Å². The maximum absolute atomic E-state index is 12.4. The summed E-state index contributed by atoms with van der Waals surface area (Å²) in [5.74, 6) is 0.987. The quantitative estimate of drug-likeness (QED) is 0.706. The van der Waals surface area contributed by atoms with Gasteiger partial charge in [-0.05, 0) is 49.9 Å². The van der Waals surface area contributed by atoms with Crippen LogP contribution in [0.5, 0.6) is 0 Å². The maximum Gasteiger partial charge on any atom is 0.311 e. The first-order valence-corrected chi connectivity index (χ1v) is 7.79. The first kappa shape index (κ1) is 14.9. The number of carbonyl (C=O) groups excluding carboxylic acids is 1. The number of rotatable bonds is 3. The van der Waals surface area contributed by atoms with Gasteiger partial charge in [0.15, 0.2) is 0 Å². The molecule has 0 amide bonds. The van der Waals surface area contributed by atoms with E-state index in [-0.39, 0.29) is 22.9 Å². The van der Waals surface area contributed by atoms with Gasteiger partial charge in [-0.2, -0.15) is 0 Å². The van der Waals surface area contributed by atoms with E-state index in [1.165, 1.54) is 12.8 Å². The third-order valence-electron chi connectivity index (χ3n) is 6.95. The minimum Gasteiger partial charge on any atom is -0.461 e. The Balaban J connectivity index is 2.19. The molecule has 2 nitrogen and oxygen atoms in total. The summed E-state index contributed by atoms with van der Waals surface area (Å²) in [4.78, 5) is 12.4. The third kappa shape index (κ3) is 1.86. The zero-order valence-electron chi connectivity index (χ0n) is 13.7. The molecule has 0 aromatic rings. The van der Waals surface area contributed by atoms with Crippen molar-refractivity contribution < 1.29 is 9.53 Å². The predicted octanol–water partition coefficient (Wildman–Crippen LogP) is 4.43. The van der Waals surface area contributed by atoms with Crippen molar-refractivity contribution in [3.8, 4) is 0 Å². The van der Waals surface area contributed by atoms with Crippen LogP contribution < -0.4 is 0 Å². The second-order valence-electron chi connectivity index (χ2n) is 8.18. The number of ether oxygens (including phenoxy) is 1. The predicted molar refractivity (Wildman–Crippen MR) is 77.7 cm³/mol. The Bertz CT molecular complexity index is 383. The van der Waals surface area contributed by atoms with Crippen LogP contribution in [-0.4, -0.2) is 12.1 Å². The fourth-order valence-electron chi connectivity index (χ4n) is 4.27. The minimum atomic E-state index is -0.355. The lowest BCUT2D eigenvalue weighted by Gasteiger charge is -2.38. The van der Waals surface area contributed by atoms with Crippen molar-refractivity contribution in [3.05, 3.63) is 0 Å². The standard InChI is InChI=1S/C17H30O2/c1-8-15(3,4)14(18)19-13-11(2)17(7)10-9-12(13)16(17,5)6/h11-13H,8-10H2,1-7H3. The topological polar surface area (TPSA) is 26.3 Å². The van der Waals surface area contributed by atoms with E-state index in [1.807, 2.05) is 13.8 Å². The van der Waals surface area contributed by atoms with Crippen LogP contribution in [0.25, 0.3) is 0 Å². The van der Waals surface area contributed by atoms with Crippen molar-refractivity contribution in [2.45, 2.75) is 73.8 Å². The fraction of sp³-hybridized carbons (Fsp3) is 0.941. The molecule has 0 radical (unpaired) electrons. The Morgan fingerprint density at radius 2 is 1.89 bits per heavy atom. The van der Waals surface area contributed by atoms with Crippen molar-refractivity contribution in [2.75, 3.05) is 0 Å². The van der Waals surface area contributed by atoms with Crippen LogP contribution in [0.4, 0.5) is 0 Å². The Hall–Kier alpha value is -0.530. The van der Waals surface area contributed by atoms with Crippen LogP contribution in [0, 0.1) is 28.1 Å². The molecule has 0 saturated heterocycles. The van der Waals surface area contributed by atoms with E-state index in [0.29, 0.717) is 17.3 Å². The largest absolute Gasteiger partial charge is 0.461 e. The van der Waals surface area contributed by atoms with Gasteiger partial charge in [0.25, 0.3) is 0 Å². The highest BCUT2D eigenvalue weighted by molar-refractivity contribution is 5.76. The molecule has 2 fully saturated rings. The maximum atomic E-state index is 12.4. The molecule has 2 bridgehead atoms. The van der Waals surface area contributed by atoms with Gasteiger partial charge in [-0.3, -0.25) is 4.79 Å². The fourth-order valence-corrected chi connectivity index (χ4v) is 4.27. The summed E-state index contributed by atoms with van der Waals surface area (Å²) in [5, 5.41) is 0. The zero-order chi connectivity index (χ0) is 14.6. The van der Waals surface area contributed by atoms with Gasteiger partial charge in [0, 0.05) is 5.92 Å². The highest BCUT2D eigenvalue weighted by Gasteiger charge is 2.66. The SMILES string of the molecule is CCC(C)(C)C(=O)OC1C2CCC(C)(C1C)C2(C)C. The molecule has 2 heteroatoms. The van der Waals surface area contributed by atoms with Gasteiger partial charge in [-0.15, -0.1) is 0 Å². The van der Waals surface area contributed by atoms with Crippen LogP contribution in [0.1, 0.15) is 67.7 Å². The van der Waals surface area contributed by atoms with Crippen molar-refractivity contribution >= 4 is 5.97 Å². The molecule has 4 unspecified atom stereocenters. The molecule has 0 aromatic heterocycles. The molecule has 2 aliphatic carbocycles. The molecule has 0 spiro atoms. The van der Waals surface area contributed by atoms with E-state index in [2.05, 4.69) is 34.6 Å². The van der Waals surface area contributed by atoms with Gasteiger partial charge in [0.05, 0.1) is 5.41 Å². The average Bonchev–Trinajstić information content (AvgIpc) is 2.63. The van der Waals surface area contributed by atoms with Gasteiger partial charge in [-0.1, -0.05) is 34.6 Å². The molecule has 0 N–H and O–H groups in total. The van der Waals surface area contributed by atoms with Crippen molar-refractivity contribution in [3.63, 3.8) is 0 Å². The van der Waals surface area contributed by atoms with Crippen LogP contribution in [0.3, 0.4) is 0 Å². The van der Waals surface area contributed by atoms with E-state index >= 15 is 0 Å². The molecule has 4 atom stereocenters. The summed E-state index contributed by atoms with van der Waals surface area (Å²) in [6.45, 7) is 15.4. The van der Waals surface area contributed by atoms with Crippen LogP contribution in [0.2, 0.25) is 0 Å². The number of hydrogen-bond donors (Lipinski definition) is 0. The van der Waals surface area contributed by atoms with E-state index in [9.17, 15) is 4.79 Å². The summed E-state index contributed by atoms with van der Waals surface area (Å²) in [5.41, 5.74) is 0.249. The second-order valence-corrected chi connectivity index (χ2v) is 8.18. The average molecular weight is 266 g/mol. The van der Waals surface area contributed by atoms with Crippen molar-refractivity contribution in [1.82, 2.24) is 0 Å². The first-order valence-electron chi connectivity index (χ1n) is 7.79. The van der Waals surface area contributed by atoms with Crippen molar-refractivity contribution in [2.24, 2.45) is 28.1 Å². The number of hydrogen-bond acceptors (Lipinski definition) is 2. The lowest BCUT2D eigenvalue weighted by Crippen LogP contribution is -2.38. The molecule has 2 aliphatic rings. The lowest BCUT2D eigenvalue weighted by molar-refractivity contribution is -0.166. The van der Waals surface area contributed by atoms with Gasteiger partial charge in [-0.25, -0.2) is 0 Å². The smallest absolute Gasteiger partial charge is 0.311 e. The summed E-state index contributed by atoms with van der Waals surface area (Å²) in [6, 6.07) is 0. The summed E-state index contributed by atoms with van der Waals surface area (Å²) in [6.07, 6.45) is 3.43. The van der Waals surface area contributed by atoms with E-state index in [4.69, 9.17) is 4.74 Å². The first-order chi connectivity index (χ1) is 8.58. The van der Waals surface area contributed by atoms with Crippen LogP contribution in [0.15, 0.2) is 0 Å². The Labute approximate surface area is 118 Å². The van der Waals surface area contributed by atoms with Gasteiger partial charge < -0.3 is 4.74 Å². The van der Waals surface area contributed by atoms with E-state index < -0.39 is 0 Å². The summed E-state index contributed by atoms with van der Waals surface area (Å²) in [7, 11) is 0. The number of fused-ring (bicyclic) bond motifs is 2. The van der Waals surface area contributed by atoms with E-state index in [0.717, 1.165) is 6.42 Å². The molecule has 2 saturated carbocycles. The summed E-state index contributed by atoms with van der Waals surface area (Å²) >= 11 is 0. The molecule has 0 aliphatic heterocycles. The molecule has 2 rings (SSSR count).